The van der Waals surface area contributed by atoms with E-state index in [2.05, 4.69) is 6.92 Å². The van der Waals surface area contributed by atoms with E-state index in [9.17, 15) is 4.79 Å². The first-order valence-corrected chi connectivity index (χ1v) is 7.78. The number of hydrogen-bond donors (Lipinski definition) is 0. The molecule has 0 amide bonds. The van der Waals surface area contributed by atoms with E-state index in [0.717, 1.165) is 34.2 Å². The molecule has 23 heavy (non-hydrogen) atoms. The van der Waals surface area contributed by atoms with Gasteiger partial charge in [0, 0.05) is 16.5 Å². The van der Waals surface area contributed by atoms with Crippen LogP contribution in [0.25, 0.3) is 22.2 Å². The second-order valence-corrected chi connectivity index (χ2v) is 5.57. The zero-order chi connectivity index (χ0) is 16.4. The van der Waals surface area contributed by atoms with Gasteiger partial charge in [-0.05, 0) is 41.8 Å². The molecule has 0 saturated carbocycles. The summed E-state index contributed by atoms with van der Waals surface area (Å²) in [6.07, 6.45) is 0.835. The van der Waals surface area contributed by atoms with E-state index in [0.29, 0.717) is 11.3 Å². The van der Waals surface area contributed by atoms with Gasteiger partial charge in [-0.1, -0.05) is 37.3 Å². The van der Waals surface area contributed by atoms with Crippen molar-refractivity contribution in [3.05, 3.63) is 59.7 Å². The van der Waals surface area contributed by atoms with Gasteiger partial charge in [-0.25, -0.2) is 4.98 Å². The maximum Gasteiger partial charge on any atom is 0.253 e. The highest BCUT2D eigenvalue weighted by molar-refractivity contribution is 6.68. The minimum Gasteiger partial charge on any atom is -0.497 e. The van der Waals surface area contributed by atoms with Crippen molar-refractivity contribution in [1.82, 2.24) is 4.98 Å². The fraction of sp³-hybridized carbons (Fsp3) is 0.158. The van der Waals surface area contributed by atoms with Gasteiger partial charge in [0.1, 0.15) is 5.75 Å². The SMILES string of the molecule is CCc1cccc2c(C(=O)Cl)cc(-c3cccc(OC)c3)nc12. The molecule has 0 atom stereocenters. The minimum atomic E-state index is -0.477. The van der Waals surface area contributed by atoms with Crippen LogP contribution in [0.5, 0.6) is 5.75 Å². The van der Waals surface area contributed by atoms with Gasteiger partial charge in [0.15, 0.2) is 0 Å². The zero-order valence-electron chi connectivity index (χ0n) is 13.0. The Morgan fingerprint density at radius 2 is 1.96 bits per heavy atom. The maximum absolute atomic E-state index is 11.9. The highest BCUT2D eigenvalue weighted by Crippen LogP contribution is 2.29. The number of ether oxygens (including phenoxy) is 1. The molecule has 0 aliphatic heterocycles. The first kappa shape index (κ1) is 15.5. The molecule has 0 radical (unpaired) electrons. The van der Waals surface area contributed by atoms with Gasteiger partial charge in [-0.15, -0.1) is 0 Å². The summed E-state index contributed by atoms with van der Waals surface area (Å²) >= 11 is 5.80. The Hall–Kier alpha value is -2.39. The summed E-state index contributed by atoms with van der Waals surface area (Å²) in [4.78, 5) is 16.6. The maximum atomic E-state index is 11.9. The van der Waals surface area contributed by atoms with Crippen molar-refractivity contribution in [3.8, 4) is 17.0 Å². The number of halogens is 1. The number of nitrogens with zero attached hydrogens (tertiary/aromatic N) is 1. The number of hydrogen-bond acceptors (Lipinski definition) is 3. The average molecular weight is 326 g/mol. The van der Waals surface area contributed by atoms with Gasteiger partial charge in [0.25, 0.3) is 5.24 Å². The third kappa shape index (κ3) is 2.92. The molecule has 0 aliphatic rings. The summed E-state index contributed by atoms with van der Waals surface area (Å²) in [5.41, 5.74) is 3.98. The Morgan fingerprint density at radius 3 is 2.65 bits per heavy atom. The number of pyridine rings is 1. The Kier molecular flexibility index (Phi) is 4.30. The van der Waals surface area contributed by atoms with E-state index in [1.165, 1.54) is 0 Å². The molecule has 0 aliphatic carbocycles. The van der Waals surface area contributed by atoms with Crippen LogP contribution >= 0.6 is 11.6 Å². The average Bonchev–Trinajstić information content (AvgIpc) is 2.60. The highest BCUT2D eigenvalue weighted by Gasteiger charge is 2.14. The molecule has 4 heteroatoms. The molecule has 0 spiro atoms. The van der Waals surface area contributed by atoms with E-state index in [-0.39, 0.29) is 0 Å². The predicted molar refractivity (Wildman–Crippen MR) is 93.3 cm³/mol. The number of para-hydroxylation sites is 1. The molecule has 1 heterocycles. The lowest BCUT2D eigenvalue weighted by atomic mass is 10.0. The van der Waals surface area contributed by atoms with Crippen molar-refractivity contribution >= 4 is 27.7 Å². The smallest absolute Gasteiger partial charge is 0.253 e. The molecule has 0 fully saturated rings. The Bertz CT molecular complexity index is 890. The first-order valence-electron chi connectivity index (χ1n) is 7.41. The van der Waals surface area contributed by atoms with Gasteiger partial charge < -0.3 is 4.74 Å². The summed E-state index contributed by atoms with van der Waals surface area (Å²) < 4.78 is 5.27. The number of carbonyl (C=O) groups is 1. The van der Waals surface area contributed by atoms with E-state index >= 15 is 0 Å². The molecular weight excluding hydrogens is 310 g/mol. The number of aryl methyl sites for hydroxylation is 1. The molecule has 0 N–H and O–H groups in total. The van der Waals surface area contributed by atoms with Gasteiger partial charge in [-0.2, -0.15) is 0 Å². The van der Waals surface area contributed by atoms with Crippen LogP contribution in [0, 0.1) is 0 Å². The predicted octanol–water partition coefficient (Wildman–Crippen LogP) is 4.85. The van der Waals surface area contributed by atoms with Crippen LogP contribution in [0.2, 0.25) is 0 Å². The number of methoxy groups -OCH3 is 1. The molecular formula is C19H16ClNO2. The van der Waals surface area contributed by atoms with Crippen molar-refractivity contribution in [2.75, 3.05) is 7.11 Å². The molecule has 3 aromatic rings. The monoisotopic (exact) mass is 325 g/mol. The second kappa shape index (κ2) is 6.39. The van der Waals surface area contributed by atoms with Crippen molar-refractivity contribution in [3.63, 3.8) is 0 Å². The summed E-state index contributed by atoms with van der Waals surface area (Å²) in [6, 6.07) is 15.2. The summed E-state index contributed by atoms with van der Waals surface area (Å²) in [5.74, 6) is 0.743. The largest absolute Gasteiger partial charge is 0.497 e. The highest BCUT2D eigenvalue weighted by atomic mass is 35.5. The summed E-state index contributed by atoms with van der Waals surface area (Å²) in [6.45, 7) is 2.07. The van der Waals surface area contributed by atoms with E-state index in [4.69, 9.17) is 21.3 Å². The molecule has 2 aromatic carbocycles. The van der Waals surface area contributed by atoms with Crippen molar-refractivity contribution in [1.29, 1.82) is 0 Å². The molecule has 1 aromatic heterocycles. The van der Waals surface area contributed by atoms with Gasteiger partial charge >= 0.3 is 0 Å². The molecule has 3 rings (SSSR count). The number of rotatable bonds is 4. The summed E-state index contributed by atoms with van der Waals surface area (Å²) in [5, 5.41) is 0.311. The standard InChI is InChI=1S/C19H16ClNO2/c1-3-12-6-5-9-15-16(19(20)22)11-17(21-18(12)15)13-7-4-8-14(10-13)23-2/h4-11H,3H2,1-2H3. The Labute approximate surface area is 139 Å². The van der Waals surface area contributed by atoms with Gasteiger partial charge in [0.2, 0.25) is 0 Å². The quantitative estimate of drug-likeness (QED) is 0.643. The Morgan fingerprint density at radius 1 is 1.17 bits per heavy atom. The second-order valence-electron chi connectivity index (χ2n) is 5.23. The van der Waals surface area contributed by atoms with Crippen molar-refractivity contribution < 1.29 is 9.53 Å². The number of benzene rings is 2. The third-order valence-corrected chi connectivity index (χ3v) is 4.08. The third-order valence-electron chi connectivity index (χ3n) is 3.88. The zero-order valence-corrected chi connectivity index (χ0v) is 13.7. The Balaban J connectivity index is 2.31. The minimum absolute atomic E-state index is 0.477. The van der Waals surface area contributed by atoms with Crippen LogP contribution < -0.4 is 4.74 Å². The number of fused-ring (bicyclic) bond motifs is 1. The van der Waals surface area contributed by atoms with E-state index in [1.807, 2.05) is 42.5 Å². The lowest BCUT2D eigenvalue weighted by molar-refractivity contribution is 0.108. The van der Waals surface area contributed by atoms with Crippen molar-refractivity contribution in [2.45, 2.75) is 13.3 Å². The lowest BCUT2D eigenvalue weighted by Gasteiger charge is -2.11. The van der Waals surface area contributed by atoms with Crippen molar-refractivity contribution in [2.24, 2.45) is 0 Å². The molecule has 0 bridgehead atoms. The normalized spacial score (nSPS) is 10.7. The fourth-order valence-electron chi connectivity index (χ4n) is 2.69. The molecule has 0 unspecified atom stereocenters. The fourth-order valence-corrected chi connectivity index (χ4v) is 2.84. The van der Waals surface area contributed by atoms with Crippen LogP contribution in [-0.2, 0) is 6.42 Å². The van der Waals surface area contributed by atoms with Gasteiger partial charge in [-0.3, -0.25) is 4.79 Å². The van der Waals surface area contributed by atoms with Crippen LogP contribution in [-0.4, -0.2) is 17.3 Å². The first-order chi connectivity index (χ1) is 11.1. The van der Waals surface area contributed by atoms with Crippen LogP contribution in [0.15, 0.2) is 48.5 Å². The topological polar surface area (TPSA) is 39.2 Å². The molecule has 3 nitrogen and oxygen atoms in total. The van der Waals surface area contributed by atoms with Gasteiger partial charge in [0.05, 0.1) is 18.3 Å². The number of aromatic nitrogens is 1. The summed E-state index contributed by atoms with van der Waals surface area (Å²) in [7, 11) is 1.62. The van der Waals surface area contributed by atoms with Crippen LogP contribution in [0.1, 0.15) is 22.8 Å². The lowest BCUT2D eigenvalue weighted by Crippen LogP contribution is -1.98. The van der Waals surface area contributed by atoms with E-state index < -0.39 is 5.24 Å². The van der Waals surface area contributed by atoms with E-state index in [1.54, 1.807) is 13.2 Å². The van der Waals surface area contributed by atoms with Crippen LogP contribution in [0.3, 0.4) is 0 Å². The van der Waals surface area contributed by atoms with Crippen LogP contribution in [0.4, 0.5) is 0 Å². The molecule has 116 valence electrons. The molecule has 0 saturated heterocycles. The number of carbonyl (C=O) groups excluding carboxylic acids is 1.